The number of phenols is 1. The Morgan fingerprint density at radius 3 is 2.71 bits per heavy atom. The van der Waals surface area contributed by atoms with Crippen LogP contribution in [0.5, 0.6) is 5.75 Å². The molecule has 0 spiro atoms. The van der Waals surface area contributed by atoms with Gasteiger partial charge in [0.15, 0.2) is 0 Å². The lowest BCUT2D eigenvalue weighted by molar-refractivity contribution is -0.123. The smallest absolute Gasteiger partial charge is 0.241 e. The van der Waals surface area contributed by atoms with Crippen LogP contribution in [0, 0.1) is 6.92 Å². The van der Waals surface area contributed by atoms with Crippen molar-refractivity contribution in [3.8, 4) is 5.75 Å². The van der Waals surface area contributed by atoms with Crippen LogP contribution in [-0.2, 0) is 9.59 Å². The molecule has 6 heteroatoms. The van der Waals surface area contributed by atoms with Crippen LogP contribution in [0.2, 0.25) is 0 Å². The number of carbonyl (C=O) groups excluding carboxylic acids is 2. The molecule has 6 nitrogen and oxygen atoms in total. The summed E-state index contributed by atoms with van der Waals surface area (Å²) < 4.78 is 0. The molecule has 1 rings (SSSR count). The third-order valence-corrected chi connectivity index (χ3v) is 2.25. The highest BCUT2D eigenvalue weighted by atomic mass is 16.3. The van der Waals surface area contributed by atoms with Crippen LogP contribution < -0.4 is 16.8 Å². The molecular formula is C11H15N3O3. The summed E-state index contributed by atoms with van der Waals surface area (Å²) in [5.74, 6) is -1.24. The number of benzene rings is 1. The fourth-order valence-electron chi connectivity index (χ4n) is 1.29. The first kappa shape index (κ1) is 13.0. The Bertz CT molecular complexity index is 446. The van der Waals surface area contributed by atoms with Crippen molar-refractivity contribution in [2.45, 2.75) is 19.4 Å². The van der Waals surface area contributed by atoms with Crippen molar-refractivity contribution < 1.29 is 14.7 Å². The van der Waals surface area contributed by atoms with Gasteiger partial charge in [-0.1, -0.05) is 12.1 Å². The van der Waals surface area contributed by atoms with Crippen molar-refractivity contribution in [3.63, 3.8) is 0 Å². The van der Waals surface area contributed by atoms with E-state index >= 15 is 0 Å². The van der Waals surface area contributed by atoms with E-state index in [1.807, 2.05) is 0 Å². The Kier molecular flexibility index (Phi) is 4.06. The summed E-state index contributed by atoms with van der Waals surface area (Å²) in [6.07, 6.45) is -0.238. The summed E-state index contributed by atoms with van der Waals surface area (Å²) in [7, 11) is 0. The molecule has 0 aliphatic carbocycles. The summed E-state index contributed by atoms with van der Waals surface area (Å²) in [4.78, 5) is 22.2. The maximum atomic E-state index is 11.6. The third kappa shape index (κ3) is 3.46. The molecule has 1 atom stereocenters. The van der Waals surface area contributed by atoms with E-state index < -0.39 is 17.9 Å². The zero-order valence-corrected chi connectivity index (χ0v) is 9.43. The zero-order chi connectivity index (χ0) is 13.0. The lowest BCUT2D eigenvalue weighted by Gasteiger charge is -2.12. The highest BCUT2D eigenvalue weighted by Gasteiger charge is 2.17. The van der Waals surface area contributed by atoms with Crippen LogP contribution in [0.25, 0.3) is 0 Å². The quantitative estimate of drug-likeness (QED) is 0.544. The van der Waals surface area contributed by atoms with E-state index in [1.54, 1.807) is 19.1 Å². The summed E-state index contributed by atoms with van der Waals surface area (Å²) in [6, 6.07) is 3.91. The molecule has 1 aromatic rings. The molecule has 0 saturated heterocycles. The first-order valence-corrected chi connectivity index (χ1v) is 5.05. The number of nitrogens with one attached hydrogen (secondary N) is 1. The van der Waals surface area contributed by atoms with Gasteiger partial charge in [0.1, 0.15) is 5.75 Å². The van der Waals surface area contributed by atoms with E-state index in [-0.39, 0.29) is 17.9 Å². The Balaban J connectivity index is 2.74. The summed E-state index contributed by atoms with van der Waals surface area (Å²) in [5, 5.41) is 12.1. The molecular weight excluding hydrogens is 222 g/mol. The van der Waals surface area contributed by atoms with Gasteiger partial charge in [0.25, 0.3) is 0 Å². The molecule has 1 aromatic carbocycles. The first-order chi connectivity index (χ1) is 7.91. The monoisotopic (exact) mass is 237 g/mol. The van der Waals surface area contributed by atoms with Gasteiger partial charge in [-0.05, 0) is 18.6 Å². The number of amides is 2. The van der Waals surface area contributed by atoms with Gasteiger partial charge in [-0.2, -0.15) is 0 Å². The van der Waals surface area contributed by atoms with Crippen molar-refractivity contribution in [2.75, 3.05) is 5.32 Å². The van der Waals surface area contributed by atoms with Gasteiger partial charge in [-0.3, -0.25) is 9.59 Å². The second-order valence-electron chi connectivity index (χ2n) is 3.74. The van der Waals surface area contributed by atoms with Crippen LogP contribution in [-0.4, -0.2) is 23.0 Å². The molecule has 0 bridgehead atoms. The van der Waals surface area contributed by atoms with Gasteiger partial charge in [0, 0.05) is 0 Å². The van der Waals surface area contributed by atoms with Crippen LogP contribution in [0.15, 0.2) is 18.2 Å². The number of primary amides is 1. The van der Waals surface area contributed by atoms with Gasteiger partial charge >= 0.3 is 0 Å². The van der Waals surface area contributed by atoms with Crippen LogP contribution in [0.3, 0.4) is 0 Å². The molecule has 17 heavy (non-hydrogen) atoms. The average molecular weight is 237 g/mol. The van der Waals surface area contributed by atoms with Gasteiger partial charge in [0.05, 0.1) is 18.2 Å². The van der Waals surface area contributed by atoms with Gasteiger partial charge in [-0.15, -0.1) is 0 Å². The standard InChI is InChI=1S/C11H15N3O3/c1-6-3-2-4-8(10(6)16)14-11(17)7(12)5-9(13)15/h2-4,7,16H,5,12H2,1H3,(H2,13,15)(H,14,17). The van der Waals surface area contributed by atoms with Crippen LogP contribution in [0.1, 0.15) is 12.0 Å². The SMILES string of the molecule is Cc1cccc(NC(=O)C(N)CC(N)=O)c1O. The number of nitrogens with two attached hydrogens (primary N) is 2. The van der Waals surface area contributed by atoms with Crippen LogP contribution in [0.4, 0.5) is 5.69 Å². The van der Waals surface area contributed by atoms with E-state index in [4.69, 9.17) is 11.5 Å². The maximum Gasteiger partial charge on any atom is 0.241 e. The fraction of sp³-hybridized carbons (Fsp3) is 0.273. The predicted octanol–water partition coefficient (Wildman–Crippen LogP) is -0.158. The number of carbonyl (C=O) groups is 2. The average Bonchev–Trinajstić information content (AvgIpc) is 2.23. The van der Waals surface area contributed by atoms with Crippen LogP contribution >= 0.6 is 0 Å². The molecule has 0 heterocycles. The Labute approximate surface area is 98.6 Å². The van der Waals surface area contributed by atoms with Crippen molar-refractivity contribution >= 4 is 17.5 Å². The minimum absolute atomic E-state index is 0.0212. The molecule has 92 valence electrons. The van der Waals surface area contributed by atoms with Crippen molar-refractivity contribution in [3.05, 3.63) is 23.8 Å². The summed E-state index contributed by atoms with van der Waals surface area (Å²) in [5.41, 5.74) is 11.3. The van der Waals surface area contributed by atoms with Crippen molar-refractivity contribution in [2.24, 2.45) is 11.5 Å². The number of hydrogen-bond acceptors (Lipinski definition) is 4. The van der Waals surface area contributed by atoms with Gasteiger partial charge in [-0.25, -0.2) is 0 Å². The molecule has 0 aliphatic heterocycles. The Hall–Kier alpha value is -2.08. The second-order valence-corrected chi connectivity index (χ2v) is 3.74. The number of anilines is 1. The zero-order valence-electron chi connectivity index (χ0n) is 9.43. The topological polar surface area (TPSA) is 118 Å². The Morgan fingerprint density at radius 1 is 1.47 bits per heavy atom. The molecule has 2 amide bonds. The Morgan fingerprint density at radius 2 is 2.12 bits per heavy atom. The number of rotatable bonds is 4. The molecule has 0 aliphatic rings. The number of phenolic OH excluding ortho intramolecular Hbond substituents is 1. The first-order valence-electron chi connectivity index (χ1n) is 5.05. The lowest BCUT2D eigenvalue weighted by atomic mass is 10.1. The molecule has 0 aromatic heterocycles. The molecule has 6 N–H and O–H groups in total. The van der Waals surface area contributed by atoms with Crippen molar-refractivity contribution in [1.29, 1.82) is 0 Å². The van der Waals surface area contributed by atoms with Crippen molar-refractivity contribution in [1.82, 2.24) is 0 Å². The van der Waals surface area contributed by atoms with E-state index in [0.717, 1.165) is 0 Å². The number of aromatic hydroxyl groups is 1. The number of aryl methyl sites for hydroxylation is 1. The fourth-order valence-corrected chi connectivity index (χ4v) is 1.29. The minimum Gasteiger partial charge on any atom is -0.505 e. The number of hydrogen-bond donors (Lipinski definition) is 4. The maximum absolute atomic E-state index is 11.6. The van der Waals surface area contributed by atoms with Gasteiger partial charge in [0.2, 0.25) is 11.8 Å². The predicted molar refractivity (Wildman–Crippen MR) is 63.3 cm³/mol. The number of para-hydroxylation sites is 1. The lowest BCUT2D eigenvalue weighted by Crippen LogP contribution is -2.39. The molecule has 0 saturated carbocycles. The minimum atomic E-state index is -1.02. The largest absolute Gasteiger partial charge is 0.505 e. The molecule has 0 radical (unpaired) electrons. The highest BCUT2D eigenvalue weighted by Crippen LogP contribution is 2.26. The van der Waals surface area contributed by atoms with E-state index in [1.165, 1.54) is 6.07 Å². The second kappa shape index (κ2) is 5.31. The third-order valence-electron chi connectivity index (χ3n) is 2.25. The molecule has 1 unspecified atom stereocenters. The highest BCUT2D eigenvalue weighted by molar-refractivity contribution is 5.98. The van der Waals surface area contributed by atoms with E-state index in [9.17, 15) is 14.7 Å². The molecule has 0 fully saturated rings. The van der Waals surface area contributed by atoms with Gasteiger partial charge < -0.3 is 21.9 Å². The summed E-state index contributed by atoms with van der Waals surface area (Å²) in [6.45, 7) is 1.70. The van der Waals surface area contributed by atoms with E-state index in [0.29, 0.717) is 5.56 Å². The van der Waals surface area contributed by atoms with E-state index in [2.05, 4.69) is 5.32 Å². The normalized spacial score (nSPS) is 11.9. The summed E-state index contributed by atoms with van der Waals surface area (Å²) >= 11 is 0.